The van der Waals surface area contributed by atoms with Crippen LogP contribution >= 0.6 is 11.6 Å². The molecule has 0 N–H and O–H groups in total. The van der Waals surface area contributed by atoms with Gasteiger partial charge in [-0.15, -0.1) is 11.6 Å². The molecule has 1 aromatic carbocycles. The van der Waals surface area contributed by atoms with Gasteiger partial charge in [0.1, 0.15) is 11.0 Å². The lowest BCUT2D eigenvalue weighted by Gasteiger charge is -2.16. The van der Waals surface area contributed by atoms with Gasteiger partial charge in [-0.2, -0.15) is 4.31 Å². The summed E-state index contributed by atoms with van der Waals surface area (Å²) in [7, 11) is -0.337. The fraction of sp³-hybridized carbons (Fsp3) is 0.400. The van der Waals surface area contributed by atoms with E-state index in [-0.39, 0.29) is 6.54 Å². The Bertz CT molecular complexity index is 447. The third-order valence-corrected chi connectivity index (χ3v) is 4.38. The van der Waals surface area contributed by atoms with Gasteiger partial charge in [0, 0.05) is 19.2 Å². The molecule has 0 radical (unpaired) electrons. The van der Waals surface area contributed by atoms with Crippen LogP contribution in [0.4, 0.5) is 0 Å². The highest BCUT2D eigenvalue weighted by atomic mass is 35.5. The molecule has 0 spiro atoms. The SMILES string of the molecule is COc1ccccc1CN(C)S(=O)(=O)CCl. The molecule has 0 saturated carbocycles. The highest BCUT2D eigenvalue weighted by Gasteiger charge is 2.17. The molecule has 1 aromatic rings. The smallest absolute Gasteiger partial charge is 0.228 e. The molecule has 6 heteroatoms. The van der Waals surface area contributed by atoms with Crippen LogP contribution in [0.3, 0.4) is 0 Å². The number of halogens is 1. The number of nitrogens with zero attached hydrogens (tertiary/aromatic N) is 1. The van der Waals surface area contributed by atoms with Crippen molar-refractivity contribution >= 4 is 21.6 Å². The number of alkyl halides is 1. The van der Waals surface area contributed by atoms with Gasteiger partial charge in [-0.3, -0.25) is 0 Å². The van der Waals surface area contributed by atoms with Gasteiger partial charge in [0.25, 0.3) is 0 Å². The standard InChI is InChI=1S/C10H14ClNO3S/c1-12(16(13,14)8-11)7-9-5-3-4-6-10(9)15-2/h3-6H,7-8H2,1-2H3. The summed E-state index contributed by atoms with van der Waals surface area (Å²) in [6.45, 7) is 0.249. The van der Waals surface area contributed by atoms with E-state index in [1.807, 2.05) is 18.2 Å². The van der Waals surface area contributed by atoms with Crippen molar-refractivity contribution in [1.29, 1.82) is 0 Å². The van der Waals surface area contributed by atoms with Crippen LogP contribution in [0.1, 0.15) is 5.56 Å². The van der Waals surface area contributed by atoms with Crippen LogP contribution in [0.5, 0.6) is 5.75 Å². The van der Waals surface area contributed by atoms with Gasteiger partial charge in [-0.05, 0) is 6.07 Å². The zero-order valence-electron chi connectivity index (χ0n) is 9.18. The molecule has 0 bridgehead atoms. The van der Waals surface area contributed by atoms with Crippen molar-refractivity contribution < 1.29 is 13.2 Å². The van der Waals surface area contributed by atoms with Gasteiger partial charge in [0.2, 0.25) is 10.0 Å². The normalized spacial score (nSPS) is 11.8. The first-order chi connectivity index (χ1) is 7.51. The van der Waals surface area contributed by atoms with Crippen LogP contribution < -0.4 is 4.74 Å². The number of hydrogen-bond acceptors (Lipinski definition) is 3. The first-order valence-electron chi connectivity index (χ1n) is 4.63. The number of rotatable bonds is 5. The quantitative estimate of drug-likeness (QED) is 0.759. The van der Waals surface area contributed by atoms with E-state index >= 15 is 0 Å². The van der Waals surface area contributed by atoms with Gasteiger partial charge >= 0.3 is 0 Å². The molecule has 0 heterocycles. The summed E-state index contributed by atoms with van der Waals surface area (Å²) < 4.78 is 29.3. The predicted octanol–water partition coefficient (Wildman–Crippen LogP) is 1.65. The van der Waals surface area contributed by atoms with Crippen molar-refractivity contribution in [3.8, 4) is 5.75 Å². The zero-order valence-corrected chi connectivity index (χ0v) is 10.8. The maximum absolute atomic E-state index is 11.5. The van der Waals surface area contributed by atoms with E-state index in [2.05, 4.69) is 0 Å². The molecule has 0 unspecified atom stereocenters. The van der Waals surface area contributed by atoms with Gasteiger partial charge in [0.15, 0.2) is 0 Å². The molecule has 0 aliphatic rings. The Balaban J connectivity index is 2.89. The van der Waals surface area contributed by atoms with E-state index < -0.39 is 15.2 Å². The van der Waals surface area contributed by atoms with Crippen LogP contribution in [0.15, 0.2) is 24.3 Å². The average Bonchev–Trinajstić information content (AvgIpc) is 2.29. The van der Waals surface area contributed by atoms with Crippen LogP contribution in [-0.4, -0.2) is 32.1 Å². The summed E-state index contributed by atoms with van der Waals surface area (Å²) in [4.78, 5) is 0. The Kier molecular flexibility index (Phi) is 4.58. The van der Waals surface area contributed by atoms with E-state index in [0.29, 0.717) is 5.75 Å². The maximum atomic E-state index is 11.5. The van der Waals surface area contributed by atoms with Crippen molar-refractivity contribution in [3.63, 3.8) is 0 Å². The minimum absolute atomic E-state index is 0.249. The van der Waals surface area contributed by atoms with E-state index in [1.165, 1.54) is 11.4 Å². The molecule has 0 amide bonds. The van der Waals surface area contributed by atoms with Crippen LogP contribution in [0.25, 0.3) is 0 Å². The molecule has 0 aliphatic heterocycles. The third-order valence-electron chi connectivity index (χ3n) is 2.20. The summed E-state index contributed by atoms with van der Waals surface area (Å²) in [5, 5.41) is -0.418. The Morgan fingerprint density at radius 2 is 2.00 bits per heavy atom. The molecule has 16 heavy (non-hydrogen) atoms. The van der Waals surface area contributed by atoms with E-state index in [0.717, 1.165) is 5.56 Å². The maximum Gasteiger partial charge on any atom is 0.228 e. The Labute approximate surface area is 101 Å². The zero-order chi connectivity index (χ0) is 12.2. The lowest BCUT2D eigenvalue weighted by atomic mass is 10.2. The van der Waals surface area contributed by atoms with Gasteiger partial charge in [0.05, 0.1) is 7.11 Å². The first kappa shape index (κ1) is 13.3. The second-order valence-electron chi connectivity index (χ2n) is 3.29. The first-order valence-corrected chi connectivity index (χ1v) is 6.77. The molecule has 0 fully saturated rings. The fourth-order valence-electron chi connectivity index (χ4n) is 1.26. The number of sulfonamides is 1. The number of benzene rings is 1. The lowest BCUT2D eigenvalue weighted by Crippen LogP contribution is -2.27. The summed E-state index contributed by atoms with van der Waals surface area (Å²) in [6, 6.07) is 7.27. The summed E-state index contributed by atoms with van der Waals surface area (Å²) in [6.07, 6.45) is 0. The monoisotopic (exact) mass is 263 g/mol. The molecule has 0 aliphatic carbocycles. The molecule has 0 atom stereocenters. The molecular formula is C10H14ClNO3S. The summed E-state index contributed by atoms with van der Waals surface area (Å²) >= 11 is 5.37. The third kappa shape index (κ3) is 3.10. The minimum Gasteiger partial charge on any atom is -0.496 e. The van der Waals surface area contributed by atoms with E-state index in [1.54, 1.807) is 13.2 Å². The lowest BCUT2D eigenvalue weighted by molar-refractivity contribution is 0.398. The van der Waals surface area contributed by atoms with Crippen LogP contribution in [-0.2, 0) is 16.6 Å². The topological polar surface area (TPSA) is 46.6 Å². The minimum atomic E-state index is -3.38. The average molecular weight is 264 g/mol. The van der Waals surface area contributed by atoms with Crippen molar-refractivity contribution in [2.45, 2.75) is 6.54 Å². The van der Waals surface area contributed by atoms with Crippen LogP contribution in [0.2, 0.25) is 0 Å². The second kappa shape index (κ2) is 5.52. The van der Waals surface area contributed by atoms with E-state index in [4.69, 9.17) is 16.3 Å². The highest BCUT2D eigenvalue weighted by Crippen LogP contribution is 2.19. The largest absolute Gasteiger partial charge is 0.496 e. The molecule has 1 rings (SSSR count). The number of ether oxygens (including phenoxy) is 1. The van der Waals surface area contributed by atoms with Gasteiger partial charge in [-0.25, -0.2) is 8.42 Å². The van der Waals surface area contributed by atoms with Crippen molar-refractivity contribution in [2.75, 3.05) is 19.4 Å². The van der Waals surface area contributed by atoms with Crippen LogP contribution in [0, 0.1) is 0 Å². The Morgan fingerprint density at radius 1 is 1.38 bits per heavy atom. The summed E-state index contributed by atoms with van der Waals surface area (Å²) in [5.41, 5.74) is 0.807. The molecule has 0 saturated heterocycles. The second-order valence-corrected chi connectivity index (χ2v) is 5.95. The molecular weight excluding hydrogens is 250 g/mol. The van der Waals surface area contributed by atoms with Crippen molar-refractivity contribution in [1.82, 2.24) is 4.31 Å². The van der Waals surface area contributed by atoms with Crippen molar-refractivity contribution in [2.24, 2.45) is 0 Å². The van der Waals surface area contributed by atoms with Crippen molar-refractivity contribution in [3.05, 3.63) is 29.8 Å². The molecule has 90 valence electrons. The fourth-order valence-corrected chi connectivity index (χ4v) is 2.26. The number of para-hydroxylation sites is 1. The summed E-state index contributed by atoms with van der Waals surface area (Å²) in [5.74, 6) is 0.666. The molecule has 0 aromatic heterocycles. The number of methoxy groups -OCH3 is 1. The number of hydrogen-bond donors (Lipinski definition) is 0. The Hall–Kier alpha value is -0.780. The molecule has 4 nitrogen and oxygen atoms in total. The van der Waals surface area contributed by atoms with Gasteiger partial charge < -0.3 is 4.74 Å². The van der Waals surface area contributed by atoms with Gasteiger partial charge in [-0.1, -0.05) is 18.2 Å². The highest BCUT2D eigenvalue weighted by molar-refractivity contribution is 7.90. The Morgan fingerprint density at radius 3 is 2.56 bits per heavy atom. The predicted molar refractivity (Wildman–Crippen MR) is 64.1 cm³/mol. The van der Waals surface area contributed by atoms with E-state index in [9.17, 15) is 8.42 Å².